The third-order valence-electron chi connectivity index (χ3n) is 3.55. The second-order valence-corrected chi connectivity index (χ2v) is 6.67. The molecule has 1 saturated heterocycles. The van der Waals surface area contributed by atoms with Crippen LogP contribution in [0.3, 0.4) is 0 Å². The van der Waals surface area contributed by atoms with E-state index in [2.05, 4.69) is 43.4 Å². The molecule has 1 aromatic carbocycles. The smallest absolute Gasteiger partial charge is 0.0507 e. The van der Waals surface area contributed by atoms with Crippen LogP contribution < -0.4 is 5.32 Å². The highest BCUT2D eigenvalue weighted by molar-refractivity contribution is 7.99. The lowest BCUT2D eigenvalue weighted by molar-refractivity contribution is 0.185. The molecule has 1 unspecified atom stereocenters. The van der Waals surface area contributed by atoms with Crippen molar-refractivity contribution in [2.24, 2.45) is 5.92 Å². The van der Waals surface area contributed by atoms with Gasteiger partial charge in [-0.15, -0.1) is 11.8 Å². The van der Waals surface area contributed by atoms with Crippen LogP contribution in [0.5, 0.6) is 0 Å². The Bertz CT molecular complexity index is 358. The van der Waals surface area contributed by atoms with Crippen LogP contribution in [0.1, 0.15) is 31.7 Å². The molecule has 0 saturated carbocycles. The molecule has 1 aliphatic rings. The molecular formula is C16H25NOS. The first-order chi connectivity index (χ1) is 9.25. The minimum Gasteiger partial charge on any atom is -0.381 e. The van der Waals surface area contributed by atoms with Gasteiger partial charge in [0.2, 0.25) is 0 Å². The summed E-state index contributed by atoms with van der Waals surface area (Å²) < 4.78 is 5.37. The summed E-state index contributed by atoms with van der Waals surface area (Å²) in [6, 6.07) is 8.97. The summed E-state index contributed by atoms with van der Waals surface area (Å²) in [7, 11) is 0. The van der Waals surface area contributed by atoms with Gasteiger partial charge in [-0.1, -0.05) is 26.0 Å². The van der Waals surface area contributed by atoms with Gasteiger partial charge in [-0.25, -0.2) is 0 Å². The number of rotatable bonds is 7. The maximum atomic E-state index is 5.37. The highest BCUT2D eigenvalue weighted by atomic mass is 32.2. The Balaban J connectivity index is 1.59. The molecule has 106 valence electrons. The molecule has 0 bridgehead atoms. The van der Waals surface area contributed by atoms with Crippen LogP contribution in [0.15, 0.2) is 29.2 Å². The molecule has 1 aliphatic heterocycles. The SMILES string of the molecule is CC(C)c1ccc(SCCNCC2CCOC2)cc1. The number of thioether (sulfide) groups is 1. The summed E-state index contributed by atoms with van der Waals surface area (Å²) in [6.45, 7) is 8.54. The number of ether oxygens (including phenoxy) is 1. The topological polar surface area (TPSA) is 21.3 Å². The lowest BCUT2D eigenvalue weighted by Gasteiger charge is -2.09. The van der Waals surface area contributed by atoms with E-state index in [0.29, 0.717) is 5.92 Å². The first kappa shape index (κ1) is 14.9. The van der Waals surface area contributed by atoms with Crippen LogP contribution in [-0.2, 0) is 4.74 Å². The molecule has 1 atom stereocenters. The molecule has 2 rings (SSSR count). The fourth-order valence-electron chi connectivity index (χ4n) is 2.24. The Morgan fingerprint density at radius 1 is 1.32 bits per heavy atom. The van der Waals surface area contributed by atoms with Gasteiger partial charge in [-0.2, -0.15) is 0 Å². The van der Waals surface area contributed by atoms with Crippen molar-refractivity contribution in [2.45, 2.75) is 31.1 Å². The molecular weight excluding hydrogens is 254 g/mol. The molecule has 0 aliphatic carbocycles. The summed E-state index contributed by atoms with van der Waals surface area (Å²) in [5, 5.41) is 3.53. The lowest BCUT2D eigenvalue weighted by atomic mass is 10.0. The monoisotopic (exact) mass is 279 g/mol. The molecule has 1 N–H and O–H groups in total. The maximum absolute atomic E-state index is 5.37. The van der Waals surface area contributed by atoms with Gasteiger partial charge >= 0.3 is 0 Å². The molecule has 19 heavy (non-hydrogen) atoms. The predicted molar refractivity (Wildman–Crippen MR) is 83.1 cm³/mol. The fraction of sp³-hybridized carbons (Fsp3) is 0.625. The maximum Gasteiger partial charge on any atom is 0.0507 e. The summed E-state index contributed by atoms with van der Waals surface area (Å²) in [6.07, 6.45) is 1.22. The van der Waals surface area contributed by atoms with Gasteiger partial charge in [0.25, 0.3) is 0 Å². The minimum absolute atomic E-state index is 0.620. The third-order valence-corrected chi connectivity index (χ3v) is 4.57. The zero-order valence-electron chi connectivity index (χ0n) is 12.0. The van der Waals surface area contributed by atoms with Crippen LogP contribution in [-0.4, -0.2) is 32.1 Å². The molecule has 0 aromatic heterocycles. The molecule has 0 amide bonds. The normalized spacial score (nSPS) is 19.2. The van der Waals surface area contributed by atoms with E-state index in [4.69, 9.17) is 4.74 Å². The average Bonchev–Trinajstić information content (AvgIpc) is 2.92. The zero-order chi connectivity index (χ0) is 13.5. The van der Waals surface area contributed by atoms with Crippen LogP contribution in [0.2, 0.25) is 0 Å². The molecule has 1 aromatic rings. The van der Waals surface area contributed by atoms with E-state index in [1.165, 1.54) is 16.9 Å². The second-order valence-electron chi connectivity index (χ2n) is 5.51. The Labute approximate surface area is 121 Å². The van der Waals surface area contributed by atoms with Crippen molar-refractivity contribution >= 4 is 11.8 Å². The molecule has 1 fully saturated rings. The lowest BCUT2D eigenvalue weighted by Crippen LogP contribution is -2.25. The Morgan fingerprint density at radius 2 is 2.11 bits per heavy atom. The van der Waals surface area contributed by atoms with Crippen molar-refractivity contribution in [2.75, 3.05) is 32.1 Å². The Hall–Kier alpha value is -0.510. The van der Waals surface area contributed by atoms with Gasteiger partial charge in [0.1, 0.15) is 0 Å². The van der Waals surface area contributed by atoms with Gasteiger partial charge in [0.05, 0.1) is 6.61 Å². The number of nitrogens with one attached hydrogen (secondary N) is 1. The van der Waals surface area contributed by atoms with E-state index in [9.17, 15) is 0 Å². The van der Waals surface area contributed by atoms with Gasteiger partial charge in [-0.05, 0) is 36.0 Å². The van der Waals surface area contributed by atoms with E-state index in [-0.39, 0.29) is 0 Å². The van der Waals surface area contributed by atoms with E-state index in [0.717, 1.165) is 38.0 Å². The largest absolute Gasteiger partial charge is 0.381 e. The highest BCUT2D eigenvalue weighted by Gasteiger charge is 2.14. The average molecular weight is 279 g/mol. The Morgan fingerprint density at radius 3 is 2.74 bits per heavy atom. The number of hydrogen-bond donors (Lipinski definition) is 1. The van der Waals surface area contributed by atoms with Gasteiger partial charge in [0, 0.05) is 30.3 Å². The van der Waals surface area contributed by atoms with Crippen molar-refractivity contribution < 1.29 is 4.74 Å². The van der Waals surface area contributed by atoms with Gasteiger partial charge in [-0.3, -0.25) is 0 Å². The first-order valence-electron chi connectivity index (χ1n) is 7.27. The van der Waals surface area contributed by atoms with Crippen LogP contribution in [0.25, 0.3) is 0 Å². The molecule has 0 spiro atoms. The summed E-state index contributed by atoms with van der Waals surface area (Å²) in [5.41, 5.74) is 1.42. The molecule has 3 heteroatoms. The standard InChI is InChI=1S/C16H25NOS/c1-13(2)15-3-5-16(6-4-15)19-10-8-17-11-14-7-9-18-12-14/h3-6,13-14,17H,7-12H2,1-2H3. The van der Waals surface area contributed by atoms with Crippen molar-refractivity contribution in [3.63, 3.8) is 0 Å². The van der Waals surface area contributed by atoms with Crippen molar-refractivity contribution in [1.82, 2.24) is 5.32 Å². The van der Waals surface area contributed by atoms with Crippen LogP contribution in [0.4, 0.5) is 0 Å². The van der Waals surface area contributed by atoms with E-state index in [1.807, 2.05) is 11.8 Å². The highest BCUT2D eigenvalue weighted by Crippen LogP contribution is 2.21. The summed E-state index contributed by atoms with van der Waals surface area (Å²) in [4.78, 5) is 1.37. The number of benzene rings is 1. The van der Waals surface area contributed by atoms with Crippen molar-refractivity contribution in [1.29, 1.82) is 0 Å². The van der Waals surface area contributed by atoms with E-state index in [1.54, 1.807) is 0 Å². The summed E-state index contributed by atoms with van der Waals surface area (Å²) in [5.74, 6) is 2.49. The molecule has 0 radical (unpaired) electrons. The van der Waals surface area contributed by atoms with Crippen LogP contribution in [0, 0.1) is 5.92 Å². The van der Waals surface area contributed by atoms with Gasteiger partial charge < -0.3 is 10.1 Å². The minimum atomic E-state index is 0.620. The predicted octanol–water partition coefficient (Wildman–Crippen LogP) is 3.53. The quantitative estimate of drug-likeness (QED) is 0.609. The van der Waals surface area contributed by atoms with Crippen LogP contribution >= 0.6 is 11.8 Å². The fourth-order valence-corrected chi connectivity index (χ4v) is 3.05. The zero-order valence-corrected chi connectivity index (χ0v) is 12.8. The third kappa shape index (κ3) is 5.17. The molecule has 2 nitrogen and oxygen atoms in total. The van der Waals surface area contributed by atoms with Crippen molar-refractivity contribution in [3.8, 4) is 0 Å². The number of hydrogen-bond acceptors (Lipinski definition) is 3. The molecule has 1 heterocycles. The Kier molecular flexibility index (Phi) is 6.21. The first-order valence-corrected chi connectivity index (χ1v) is 8.25. The van der Waals surface area contributed by atoms with Crippen molar-refractivity contribution in [3.05, 3.63) is 29.8 Å². The van der Waals surface area contributed by atoms with Gasteiger partial charge in [0.15, 0.2) is 0 Å². The second kappa shape index (κ2) is 7.93. The summed E-state index contributed by atoms with van der Waals surface area (Å²) >= 11 is 1.93. The van der Waals surface area contributed by atoms with E-state index < -0.39 is 0 Å². The van der Waals surface area contributed by atoms with E-state index >= 15 is 0 Å².